The molecule has 0 unspecified atom stereocenters. The molecule has 4 nitrogen and oxygen atoms in total. The maximum Gasteiger partial charge on any atom is 0.170 e. The third-order valence-electron chi connectivity index (χ3n) is 2.41. The van der Waals surface area contributed by atoms with Crippen LogP contribution < -0.4 is 5.32 Å². The lowest BCUT2D eigenvalue weighted by Crippen LogP contribution is -2.12. The molecule has 0 radical (unpaired) electrons. The molecule has 16 heavy (non-hydrogen) atoms. The zero-order valence-corrected chi connectivity index (χ0v) is 10.5. The molecule has 0 fully saturated rings. The van der Waals surface area contributed by atoms with Crippen LogP contribution in [0.4, 0.5) is 0 Å². The van der Waals surface area contributed by atoms with Gasteiger partial charge < -0.3 is 9.72 Å². The number of hydrogen-bond acceptors (Lipinski definition) is 3. The molecule has 0 bridgehead atoms. The van der Waals surface area contributed by atoms with Crippen LogP contribution in [0.1, 0.15) is 16.3 Å². The predicted octanol–water partition coefficient (Wildman–Crippen LogP) is 1.67. The van der Waals surface area contributed by atoms with E-state index < -0.39 is 0 Å². The fourth-order valence-electron chi connectivity index (χ4n) is 1.65. The lowest BCUT2D eigenvalue weighted by Gasteiger charge is -2.01. The molecule has 0 saturated heterocycles. The highest BCUT2D eigenvalue weighted by molar-refractivity contribution is 9.10. The Morgan fingerprint density at radius 1 is 1.56 bits per heavy atom. The van der Waals surface area contributed by atoms with Gasteiger partial charge in [-0.2, -0.15) is 0 Å². The third kappa shape index (κ3) is 2.01. The average Bonchev–Trinajstić information content (AvgIpc) is 2.64. The van der Waals surface area contributed by atoms with Crippen molar-refractivity contribution < 1.29 is 4.79 Å². The Labute approximate surface area is 102 Å². The highest BCUT2D eigenvalue weighted by Gasteiger charge is 2.09. The van der Waals surface area contributed by atoms with Gasteiger partial charge in [-0.05, 0) is 35.1 Å². The van der Waals surface area contributed by atoms with Gasteiger partial charge in [0.25, 0.3) is 0 Å². The number of carbonyl (C=O) groups is 1. The molecule has 0 saturated carbocycles. The van der Waals surface area contributed by atoms with E-state index in [1.807, 2.05) is 29.8 Å². The van der Waals surface area contributed by atoms with Gasteiger partial charge in [0.2, 0.25) is 0 Å². The highest BCUT2D eigenvalue weighted by Crippen LogP contribution is 2.17. The van der Waals surface area contributed by atoms with Crippen molar-refractivity contribution in [3.8, 4) is 0 Å². The van der Waals surface area contributed by atoms with Crippen LogP contribution in [0.3, 0.4) is 0 Å². The first-order chi connectivity index (χ1) is 7.76. The Hall–Kier alpha value is -1.20. The predicted molar refractivity (Wildman–Crippen MR) is 65.9 cm³/mol. The maximum absolute atomic E-state index is 10.9. The summed E-state index contributed by atoms with van der Waals surface area (Å²) in [4.78, 5) is 15.2. The normalized spacial score (nSPS) is 10.9. The number of aromatic nitrogens is 2. The Balaban J connectivity index is 2.55. The molecule has 84 valence electrons. The molecule has 0 aliphatic heterocycles. The Morgan fingerprint density at radius 2 is 2.38 bits per heavy atom. The monoisotopic (exact) mass is 281 g/mol. The number of fused-ring (bicyclic) bond motifs is 1. The van der Waals surface area contributed by atoms with Gasteiger partial charge in [-0.3, -0.25) is 4.79 Å². The number of rotatable bonds is 4. The fourth-order valence-corrected chi connectivity index (χ4v) is 1.98. The van der Waals surface area contributed by atoms with E-state index in [0.29, 0.717) is 5.69 Å². The quantitative estimate of drug-likeness (QED) is 0.868. The number of carbonyl (C=O) groups excluding carboxylic acids is 1. The maximum atomic E-state index is 10.9. The molecule has 0 aromatic carbocycles. The molecule has 0 spiro atoms. The minimum atomic E-state index is 0.499. The van der Waals surface area contributed by atoms with E-state index in [9.17, 15) is 4.79 Å². The van der Waals surface area contributed by atoms with Crippen LogP contribution in [0, 0.1) is 0 Å². The van der Waals surface area contributed by atoms with E-state index in [4.69, 9.17) is 0 Å². The minimum Gasteiger partial charge on any atom is -0.319 e. The number of halogens is 1. The van der Waals surface area contributed by atoms with E-state index in [1.54, 1.807) is 0 Å². The highest BCUT2D eigenvalue weighted by atomic mass is 79.9. The molecule has 1 N–H and O–H groups in total. The molecule has 2 heterocycles. The van der Waals surface area contributed by atoms with Crippen molar-refractivity contribution in [2.75, 3.05) is 13.6 Å². The first-order valence-corrected chi connectivity index (χ1v) is 5.82. The smallest absolute Gasteiger partial charge is 0.170 e. The summed E-state index contributed by atoms with van der Waals surface area (Å²) >= 11 is 3.41. The van der Waals surface area contributed by atoms with Crippen molar-refractivity contribution >= 4 is 27.7 Å². The molecule has 2 aromatic heterocycles. The van der Waals surface area contributed by atoms with Gasteiger partial charge in [-0.1, -0.05) is 0 Å². The Morgan fingerprint density at radius 3 is 3.06 bits per heavy atom. The van der Waals surface area contributed by atoms with Crippen LogP contribution in [0.5, 0.6) is 0 Å². The number of nitrogens with one attached hydrogen (secondary N) is 1. The van der Waals surface area contributed by atoms with E-state index in [0.717, 1.165) is 35.1 Å². The lowest BCUT2D eigenvalue weighted by molar-refractivity contribution is 0.112. The van der Waals surface area contributed by atoms with Gasteiger partial charge in [-0.25, -0.2) is 4.98 Å². The molecule has 2 aromatic rings. The van der Waals surface area contributed by atoms with E-state index in [1.165, 1.54) is 0 Å². The molecule has 0 amide bonds. The second-order valence-corrected chi connectivity index (χ2v) is 4.40. The molecule has 0 atom stereocenters. The van der Waals surface area contributed by atoms with Gasteiger partial charge in [0.1, 0.15) is 11.5 Å². The average molecular weight is 282 g/mol. The second-order valence-electron chi connectivity index (χ2n) is 3.49. The van der Waals surface area contributed by atoms with Gasteiger partial charge in [0.15, 0.2) is 6.29 Å². The summed E-state index contributed by atoms with van der Waals surface area (Å²) in [6, 6.07) is 3.80. The van der Waals surface area contributed by atoms with Gasteiger partial charge in [0.05, 0.1) is 5.52 Å². The summed E-state index contributed by atoms with van der Waals surface area (Å²) in [6.45, 7) is 0.837. The van der Waals surface area contributed by atoms with Crippen molar-refractivity contribution in [1.29, 1.82) is 0 Å². The number of pyridine rings is 1. The van der Waals surface area contributed by atoms with Crippen LogP contribution >= 0.6 is 15.9 Å². The number of nitrogens with zero attached hydrogens (tertiary/aromatic N) is 2. The molecular weight excluding hydrogens is 270 g/mol. The zero-order valence-electron chi connectivity index (χ0n) is 8.90. The number of aldehydes is 1. The number of hydrogen-bond donors (Lipinski definition) is 1. The molecule has 0 aliphatic rings. The molecule has 0 aliphatic carbocycles. The van der Waals surface area contributed by atoms with Gasteiger partial charge in [-0.15, -0.1) is 0 Å². The lowest BCUT2D eigenvalue weighted by atomic mass is 10.3. The topological polar surface area (TPSA) is 46.4 Å². The van der Waals surface area contributed by atoms with Gasteiger partial charge >= 0.3 is 0 Å². The summed E-state index contributed by atoms with van der Waals surface area (Å²) < 4.78 is 2.92. The first-order valence-electron chi connectivity index (χ1n) is 5.02. The van der Waals surface area contributed by atoms with Crippen molar-refractivity contribution in [2.45, 2.75) is 6.42 Å². The summed E-state index contributed by atoms with van der Waals surface area (Å²) in [7, 11) is 1.90. The van der Waals surface area contributed by atoms with Crippen LogP contribution in [0.2, 0.25) is 0 Å². The molecular formula is C11H12BrN3O. The standard InChI is InChI=1S/C11H12BrN3O/c1-13-5-4-11-14-9(7-16)10-3-2-8(12)6-15(10)11/h2-3,6-7,13H,4-5H2,1H3. The Bertz CT molecular complexity index is 521. The van der Waals surface area contributed by atoms with Crippen molar-refractivity contribution in [3.05, 3.63) is 34.3 Å². The summed E-state index contributed by atoms with van der Waals surface area (Å²) in [5.41, 5.74) is 1.35. The summed E-state index contributed by atoms with van der Waals surface area (Å²) in [5.74, 6) is 0.896. The first kappa shape index (κ1) is 11.3. The SMILES string of the molecule is CNCCc1nc(C=O)c2ccc(Br)cn12. The molecule has 2 rings (SSSR count). The van der Waals surface area contributed by atoms with Crippen molar-refractivity contribution in [1.82, 2.24) is 14.7 Å². The van der Waals surface area contributed by atoms with Crippen LogP contribution in [0.15, 0.2) is 22.8 Å². The van der Waals surface area contributed by atoms with Crippen molar-refractivity contribution in [2.24, 2.45) is 0 Å². The fraction of sp³-hybridized carbons (Fsp3) is 0.273. The summed E-state index contributed by atoms with van der Waals surface area (Å²) in [6.07, 6.45) is 3.52. The third-order valence-corrected chi connectivity index (χ3v) is 2.88. The van der Waals surface area contributed by atoms with Crippen LogP contribution in [-0.4, -0.2) is 29.3 Å². The van der Waals surface area contributed by atoms with E-state index in [2.05, 4.69) is 26.2 Å². The number of imidazole rings is 1. The summed E-state index contributed by atoms with van der Waals surface area (Å²) in [5, 5.41) is 3.07. The van der Waals surface area contributed by atoms with Crippen LogP contribution in [0.25, 0.3) is 5.52 Å². The zero-order chi connectivity index (χ0) is 11.5. The number of likely N-dealkylation sites (N-methyl/N-ethyl adjacent to an activating group) is 1. The van der Waals surface area contributed by atoms with Crippen molar-refractivity contribution in [3.63, 3.8) is 0 Å². The molecule has 5 heteroatoms. The van der Waals surface area contributed by atoms with E-state index >= 15 is 0 Å². The largest absolute Gasteiger partial charge is 0.319 e. The van der Waals surface area contributed by atoms with E-state index in [-0.39, 0.29) is 0 Å². The van der Waals surface area contributed by atoms with Crippen LogP contribution in [-0.2, 0) is 6.42 Å². The Kier molecular flexibility index (Phi) is 3.36. The minimum absolute atomic E-state index is 0.499. The second kappa shape index (κ2) is 4.76. The van der Waals surface area contributed by atoms with Gasteiger partial charge in [0, 0.05) is 23.6 Å².